The third-order valence-corrected chi connectivity index (χ3v) is 4.74. The molecule has 0 aliphatic heterocycles. The van der Waals surface area contributed by atoms with E-state index >= 15 is 0 Å². The first-order chi connectivity index (χ1) is 10.8. The molecule has 0 N–H and O–H groups in total. The Morgan fingerprint density at radius 3 is 1.68 bits per heavy atom. The minimum atomic E-state index is 0.863. The van der Waals surface area contributed by atoms with Crippen molar-refractivity contribution < 1.29 is 0 Å². The van der Waals surface area contributed by atoms with Gasteiger partial charge in [-0.3, -0.25) is 0 Å². The Morgan fingerprint density at radius 1 is 0.545 bits per heavy atom. The summed E-state index contributed by atoms with van der Waals surface area (Å²) >= 11 is 0. The standard InChI is InChI=1S/C22H44/c1-4-7-10-12-13-14-16-18-21-22(19-9-6-3)20-17-15-11-8-5-2/h17,20,22H,4-16,18-19,21H2,1-3H3. The maximum Gasteiger partial charge on any atom is -0.0234 e. The summed E-state index contributed by atoms with van der Waals surface area (Å²) in [6, 6.07) is 0. The summed E-state index contributed by atoms with van der Waals surface area (Å²) in [4.78, 5) is 0. The zero-order valence-electron chi connectivity index (χ0n) is 16.0. The Labute approximate surface area is 142 Å². The third-order valence-electron chi connectivity index (χ3n) is 4.74. The van der Waals surface area contributed by atoms with Crippen LogP contribution in [0.5, 0.6) is 0 Å². The Morgan fingerprint density at radius 2 is 1.05 bits per heavy atom. The normalized spacial score (nSPS) is 13.0. The molecule has 0 bridgehead atoms. The van der Waals surface area contributed by atoms with Crippen molar-refractivity contribution in [3.05, 3.63) is 12.2 Å². The first kappa shape index (κ1) is 21.7. The topological polar surface area (TPSA) is 0 Å². The number of unbranched alkanes of at least 4 members (excludes halogenated alkanes) is 11. The number of rotatable bonds is 17. The largest absolute Gasteiger partial charge is 0.0883 e. The van der Waals surface area contributed by atoms with Gasteiger partial charge < -0.3 is 0 Å². The van der Waals surface area contributed by atoms with Crippen LogP contribution in [0.2, 0.25) is 0 Å². The first-order valence-corrected chi connectivity index (χ1v) is 10.5. The molecular formula is C22H44. The zero-order chi connectivity index (χ0) is 16.3. The van der Waals surface area contributed by atoms with Crippen LogP contribution in [-0.4, -0.2) is 0 Å². The van der Waals surface area contributed by atoms with E-state index in [1.165, 1.54) is 103 Å². The smallest absolute Gasteiger partial charge is 0.0234 e. The average molecular weight is 309 g/mol. The van der Waals surface area contributed by atoms with E-state index < -0.39 is 0 Å². The molecule has 0 aromatic rings. The maximum atomic E-state index is 2.55. The molecule has 0 heterocycles. The molecule has 22 heavy (non-hydrogen) atoms. The van der Waals surface area contributed by atoms with Gasteiger partial charge in [-0.05, 0) is 31.6 Å². The van der Waals surface area contributed by atoms with Crippen molar-refractivity contribution in [2.24, 2.45) is 5.92 Å². The third kappa shape index (κ3) is 16.1. The van der Waals surface area contributed by atoms with Crippen LogP contribution in [0.25, 0.3) is 0 Å². The van der Waals surface area contributed by atoms with E-state index in [2.05, 4.69) is 32.9 Å². The molecule has 0 aromatic carbocycles. The summed E-state index contributed by atoms with van der Waals surface area (Å²) in [6.45, 7) is 6.90. The molecule has 1 atom stereocenters. The predicted molar refractivity (Wildman–Crippen MR) is 104 cm³/mol. The molecule has 0 aliphatic rings. The Bertz CT molecular complexity index is 216. The van der Waals surface area contributed by atoms with Crippen molar-refractivity contribution in [3.8, 4) is 0 Å². The highest BCUT2D eigenvalue weighted by atomic mass is 14.1. The van der Waals surface area contributed by atoms with Crippen molar-refractivity contribution in [2.75, 3.05) is 0 Å². The molecule has 0 spiro atoms. The van der Waals surface area contributed by atoms with E-state index in [1.807, 2.05) is 0 Å². The predicted octanol–water partition coefficient (Wildman–Crippen LogP) is 8.46. The van der Waals surface area contributed by atoms with Crippen LogP contribution < -0.4 is 0 Å². The lowest BCUT2D eigenvalue weighted by Gasteiger charge is -2.12. The maximum absolute atomic E-state index is 2.55. The Balaban J connectivity index is 3.66. The van der Waals surface area contributed by atoms with E-state index in [1.54, 1.807) is 0 Å². The average Bonchev–Trinajstić information content (AvgIpc) is 2.54. The van der Waals surface area contributed by atoms with Crippen LogP contribution in [0.15, 0.2) is 12.2 Å². The van der Waals surface area contributed by atoms with Crippen LogP contribution in [0.4, 0.5) is 0 Å². The van der Waals surface area contributed by atoms with E-state index in [9.17, 15) is 0 Å². The highest BCUT2D eigenvalue weighted by Crippen LogP contribution is 2.20. The van der Waals surface area contributed by atoms with E-state index in [4.69, 9.17) is 0 Å². The summed E-state index contributed by atoms with van der Waals surface area (Å²) in [7, 11) is 0. The summed E-state index contributed by atoms with van der Waals surface area (Å²) in [5.41, 5.74) is 0. The van der Waals surface area contributed by atoms with Crippen LogP contribution in [0.1, 0.15) is 124 Å². The Hall–Kier alpha value is -0.260. The quantitative estimate of drug-likeness (QED) is 0.187. The van der Waals surface area contributed by atoms with Gasteiger partial charge in [-0.15, -0.1) is 0 Å². The number of hydrogen-bond acceptors (Lipinski definition) is 0. The van der Waals surface area contributed by atoms with Crippen molar-refractivity contribution in [2.45, 2.75) is 124 Å². The number of allylic oxidation sites excluding steroid dienone is 2. The van der Waals surface area contributed by atoms with Gasteiger partial charge in [-0.1, -0.05) is 110 Å². The van der Waals surface area contributed by atoms with E-state index in [0.717, 1.165) is 5.92 Å². The SMILES string of the molecule is CCCCCC=CC(CCCC)CCCCCCCCCC. The fourth-order valence-corrected chi connectivity index (χ4v) is 3.14. The highest BCUT2D eigenvalue weighted by molar-refractivity contribution is 4.88. The fraction of sp³-hybridized carbons (Fsp3) is 0.909. The van der Waals surface area contributed by atoms with Crippen LogP contribution in [0, 0.1) is 5.92 Å². The summed E-state index contributed by atoms with van der Waals surface area (Å²) in [5.74, 6) is 0.863. The van der Waals surface area contributed by atoms with Crippen molar-refractivity contribution in [1.29, 1.82) is 0 Å². The highest BCUT2D eigenvalue weighted by Gasteiger charge is 2.04. The van der Waals surface area contributed by atoms with E-state index in [0.29, 0.717) is 0 Å². The van der Waals surface area contributed by atoms with Crippen LogP contribution in [-0.2, 0) is 0 Å². The molecule has 0 saturated carbocycles. The van der Waals surface area contributed by atoms with Gasteiger partial charge in [-0.25, -0.2) is 0 Å². The lowest BCUT2D eigenvalue weighted by Crippen LogP contribution is -1.97. The van der Waals surface area contributed by atoms with Gasteiger partial charge in [0.1, 0.15) is 0 Å². The van der Waals surface area contributed by atoms with Crippen LogP contribution >= 0.6 is 0 Å². The van der Waals surface area contributed by atoms with Gasteiger partial charge in [0.25, 0.3) is 0 Å². The molecule has 0 aromatic heterocycles. The van der Waals surface area contributed by atoms with Crippen molar-refractivity contribution in [3.63, 3.8) is 0 Å². The monoisotopic (exact) mass is 308 g/mol. The molecule has 0 rings (SSSR count). The second-order valence-electron chi connectivity index (χ2n) is 7.09. The fourth-order valence-electron chi connectivity index (χ4n) is 3.14. The van der Waals surface area contributed by atoms with Gasteiger partial charge in [0.2, 0.25) is 0 Å². The molecule has 0 saturated heterocycles. The molecule has 0 radical (unpaired) electrons. The molecule has 0 amide bonds. The van der Waals surface area contributed by atoms with Gasteiger partial charge in [-0.2, -0.15) is 0 Å². The summed E-state index contributed by atoms with van der Waals surface area (Å²) in [6.07, 6.45) is 27.6. The Kier molecular flexibility index (Phi) is 18.6. The van der Waals surface area contributed by atoms with Crippen LogP contribution in [0.3, 0.4) is 0 Å². The van der Waals surface area contributed by atoms with Gasteiger partial charge in [0.15, 0.2) is 0 Å². The van der Waals surface area contributed by atoms with Crippen molar-refractivity contribution in [1.82, 2.24) is 0 Å². The second kappa shape index (κ2) is 18.8. The molecular weight excluding hydrogens is 264 g/mol. The van der Waals surface area contributed by atoms with Gasteiger partial charge in [0, 0.05) is 0 Å². The summed E-state index contributed by atoms with van der Waals surface area (Å²) < 4.78 is 0. The van der Waals surface area contributed by atoms with Gasteiger partial charge in [0.05, 0.1) is 0 Å². The summed E-state index contributed by atoms with van der Waals surface area (Å²) in [5, 5.41) is 0. The zero-order valence-corrected chi connectivity index (χ0v) is 16.0. The number of hydrogen-bond donors (Lipinski definition) is 0. The lowest BCUT2D eigenvalue weighted by atomic mass is 9.94. The molecule has 0 nitrogen and oxygen atoms in total. The minimum absolute atomic E-state index is 0.863. The van der Waals surface area contributed by atoms with Crippen molar-refractivity contribution >= 4 is 0 Å². The molecule has 0 heteroatoms. The van der Waals surface area contributed by atoms with E-state index in [-0.39, 0.29) is 0 Å². The molecule has 132 valence electrons. The first-order valence-electron chi connectivity index (χ1n) is 10.5. The lowest BCUT2D eigenvalue weighted by molar-refractivity contribution is 0.475. The van der Waals surface area contributed by atoms with Gasteiger partial charge >= 0.3 is 0 Å². The molecule has 0 aliphatic carbocycles. The second-order valence-corrected chi connectivity index (χ2v) is 7.09. The molecule has 0 fully saturated rings. The molecule has 1 unspecified atom stereocenters. The minimum Gasteiger partial charge on any atom is -0.0883 e.